The quantitative estimate of drug-likeness (QED) is 0.497. The van der Waals surface area contributed by atoms with Gasteiger partial charge in [0, 0.05) is 5.56 Å². The first kappa shape index (κ1) is 21.2. The molecule has 4 nitrogen and oxygen atoms in total. The van der Waals surface area contributed by atoms with Crippen LogP contribution in [0.3, 0.4) is 0 Å². The van der Waals surface area contributed by atoms with Crippen molar-refractivity contribution in [2.75, 3.05) is 28.4 Å². The molecule has 0 aliphatic carbocycles. The van der Waals surface area contributed by atoms with E-state index in [4.69, 9.17) is 18.9 Å². The van der Waals surface area contributed by atoms with Crippen LogP contribution >= 0.6 is 0 Å². The van der Waals surface area contributed by atoms with E-state index in [0.717, 1.165) is 17.7 Å². The van der Waals surface area contributed by atoms with Crippen LogP contribution < -0.4 is 18.9 Å². The fourth-order valence-electron chi connectivity index (χ4n) is 3.28. The third-order valence-corrected chi connectivity index (χ3v) is 4.80. The van der Waals surface area contributed by atoms with Crippen molar-refractivity contribution in [1.29, 1.82) is 0 Å². The van der Waals surface area contributed by atoms with Crippen molar-refractivity contribution in [3.63, 3.8) is 0 Å². The third kappa shape index (κ3) is 3.81. The Morgan fingerprint density at radius 3 is 1.93 bits per heavy atom. The van der Waals surface area contributed by atoms with Crippen molar-refractivity contribution in [3.8, 4) is 34.1 Å². The molecule has 156 valence electrons. The SMILES string of the molecule is C=C(c1ccc(OC)cc1)c1cc(OC)c(OC)c(OC)c1-c1ccc(F)c(F)c1. The predicted molar refractivity (Wildman–Crippen MR) is 113 cm³/mol. The van der Waals surface area contributed by atoms with Crippen molar-refractivity contribution in [1.82, 2.24) is 0 Å². The Hall–Kier alpha value is -3.54. The molecule has 0 radical (unpaired) electrons. The molecule has 0 aromatic heterocycles. The average molecular weight is 412 g/mol. The van der Waals surface area contributed by atoms with E-state index < -0.39 is 11.6 Å². The fourth-order valence-corrected chi connectivity index (χ4v) is 3.28. The highest BCUT2D eigenvalue weighted by molar-refractivity contribution is 5.93. The van der Waals surface area contributed by atoms with E-state index in [2.05, 4.69) is 6.58 Å². The Balaban J connectivity index is 2.31. The second kappa shape index (κ2) is 8.86. The van der Waals surface area contributed by atoms with E-state index in [9.17, 15) is 8.78 Å². The number of rotatable bonds is 7. The summed E-state index contributed by atoms with van der Waals surface area (Å²) in [6.45, 7) is 4.22. The van der Waals surface area contributed by atoms with Crippen molar-refractivity contribution in [3.05, 3.63) is 77.9 Å². The molecule has 0 spiro atoms. The van der Waals surface area contributed by atoms with Gasteiger partial charge in [0.25, 0.3) is 0 Å². The first-order chi connectivity index (χ1) is 14.4. The highest BCUT2D eigenvalue weighted by Gasteiger charge is 2.24. The molecule has 3 aromatic carbocycles. The van der Waals surface area contributed by atoms with Gasteiger partial charge in [-0.2, -0.15) is 0 Å². The van der Waals surface area contributed by atoms with E-state index >= 15 is 0 Å². The van der Waals surface area contributed by atoms with Crippen LogP contribution in [-0.2, 0) is 0 Å². The van der Waals surface area contributed by atoms with E-state index in [1.54, 1.807) is 13.2 Å². The summed E-state index contributed by atoms with van der Waals surface area (Å²) in [6, 6.07) is 12.8. The van der Waals surface area contributed by atoms with Crippen LogP contribution in [0.2, 0.25) is 0 Å². The smallest absolute Gasteiger partial charge is 0.203 e. The van der Waals surface area contributed by atoms with Crippen LogP contribution in [0.4, 0.5) is 8.78 Å². The molecule has 6 heteroatoms. The summed E-state index contributed by atoms with van der Waals surface area (Å²) in [4.78, 5) is 0. The van der Waals surface area contributed by atoms with Crippen LogP contribution in [0.15, 0.2) is 55.1 Å². The number of halogens is 2. The molecule has 0 unspecified atom stereocenters. The van der Waals surface area contributed by atoms with Crippen molar-refractivity contribution in [2.24, 2.45) is 0 Å². The number of methoxy groups -OCH3 is 4. The lowest BCUT2D eigenvalue weighted by Gasteiger charge is -2.21. The zero-order valence-corrected chi connectivity index (χ0v) is 17.2. The first-order valence-corrected chi connectivity index (χ1v) is 9.07. The molecule has 0 bridgehead atoms. The highest BCUT2D eigenvalue weighted by atomic mass is 19.2. The molecule has 0 saturated heterocycles. The fraction of sp³-hybridized carbons (Fsp3) is 0.167. The summed E-state index contributed by atoms with van der Waals surface area (Å²) in [5.41, 5.74) is 3.00. The zero-order chi connectivity index (χ0) is 21.8. The molecular weight excluding hydrogens is 390 g/mol. The maximum atomic E-state index is 14.1. The standard InChI is InChI=1S/C24H22F2O4/c1-14(15-6-9-17(27-2)10-7-15)18-13-21(28-3)23(29-4)24(30-5)22(18)16-8-11-19(25)20(26)12-16/h6-13H,1H2,2-5H3. The Morgan fingerprint density at radius 1 is 0.733 bits per heavy atom. The summed E-state index contributed by atoms with van der Waals surface area (Å²) >= 11 is 0. The highest BCUT2D eigenvalue weighted by Crippen LogP contribution is 2.49. The predicted octanol–water partition coefficient (Wildman–Crippen LogP) is 5.73. The molecule has 0 N–H and O–H groups in total. The Morgan fingerprint density at radius 2 is 1.40 bits per heavy atom. The number of hydrogen-bond acceptors (Lipinski definition) is 4. The van der Waals surface area contributed by atoms with Crippen LogP contribution in [-0.4, -0.2) is 28.4 Å². The maximum Gasteiger partial charge on any atom is 0.203 e. The van der Waals surface area contributed by atoms with Gasteiger partial charge in [-0.25, -0.2) is 8.78 Å². The lowest BCUT2D eigenvalue weighted by molar-refractivity contribution is 0.325. The molecule has 3 rings (SSSR count). The molecular formula is C24H22F2O4. The van der Waals surface area contributed by atoms with Gasteiger partial charge in [-0.05, 0) is 52.6 Å². The van der Waals surface area contributed by atoms with Crippen LogP contribution in [0.1, 0.15) is 11.1 Å². The molecule has 0 amide bonds. The lowest BCUT2D eigenvalue weighted by atomic mass is 9.90. The molecule has 0 atom stereocenters. The zero-order valence-electron chi connectivity index (χ0n) is 17.2. The monoisotopic (exact) mass is 412 g/mol. The van der Waals surface area contributed by atoms with Crippen LogP contribution in [0, 0.1) is 11.6 Å². The minimum Gasteiger partial charge on any atom is -0.497 e. The van der Waals surface area contributed by atoms with E-state index in [0.29, 0.717) is 45.3 Å². The molecule has 30 heavy (non-hydrogen) atoms. The summed E-state index contributed by atoms with van der Waals surface area (Å²) in [5.74, 6) is -0.111. The van der Waals surface area contributed by atoms with Gasteiger partial charge in [0.15, 0.2) is 23.1 Å². The number of benzene rings is 3. The third-order valence-electron chi connectivity index (χ3n) is 4.80. The normalized spacial score (nSPS) is 10.5. The molecule has 3 aromatic rings. The van der Waals surface area contributed by atoms with Gasteiger partial charge in [-0.3, -0.25) is 0 Å². The van der Waals surface area contributed by atoms with Gasteiger partial charge in [0.1, 0.15) is 5.75 Å². The minimum absolute atomic E-state index is 0.326. The summed E-state index contributed by atoms with van der Waals surface area (Å²) in [7, 11) is 6.05. The van der Waals surface area contributed by atoms with Gasteiger partial charge in [0.05, 0.1) is 28.4 Å². The van der Waals surface area contributed by atoms with Gasteiger partial charge >= 0.3 is 0 Å². The summed E-state index contributed by atoms with van der Waals surface area (Å²) in [6.07, 6.45) is 0. The van der Waals surface area contributed by atoms with E-state index in [1.807, 2.05) is 24.3 Å². The number of ether oxygens (including phenoxy) is 4. The van der Waals surface area contributed by atoms with Crippen molar-refractivity contribution >= 4 is 5.57 Å². The number of hydrogen-bond donors (Lipinski definition) is 0. The molecule has 0 heterocycles. The molecule has 0 fully saturated rings. The van der Waals surface area contributed by atoms with Crippen molar-refractivity contribution < 1.29 is 27.7 Å². The second-order valence-corrected chi connectivity index (χ2v) is 6.40. The van der Waals surface area contributed by atoms with Gasteiger partial charge in [-0.15, -0.1) is 0 Å². The summed E-state index contributed by atoms with van der Waals surface area (Å²) in [5, 5.41) is 0. The average Bonchev–Trinajstić information content (AvgIpc) is 2.78. The largest absolute Gasteiger partial charge is 0.497 e. The Labute approximate surface area is 174 Å². The van der Waals surface area contributed by atoms with Crippen LogP contribution in [0.5, 0.6) is 23.0 Å². The van der Waals surface area contributed by atoms with Gasteiger partial charge in [-0.1, -0.05) is 24.8 Å². The lowest BCUT2D eigenvalue weighted by Crippen LogP contribution is -2.02. The van der Waals surface area contributed by atoms with E-state index in [-0.39, 0.29) is 0 Å². The van der Waals surface area contributed by atoms with Gasteiger partial charge in [0.2, 0.25) is 5.75 Å². The first-order valence-electron chi connectivity index (χ1n) is 9.07. The summed E-state index contributed by atoms with van der Waals surface area (Å²) < 4.78 is 49.4. The maximum absolute atomic E-state index is 14.1. The van der Waals surface area contributed by atoms with Crippen LogP contribution in [0.25, 0.3) is 16.7 Å². The second-order valence-electron chi connectivity index (χ2n) is 6.40. The minimum atomic E-state index is -0.967. The Bertz CT molecular complexity index is 1080. The Kier molecular flexibility index (Phi) is 6.26. The van der Waals surface area contributed by atoms with Gasteiger partial charge < -0.3 is 18.9 Å². The molecule has 0 aliphatic rings. The van der Waals surface area contributed by atoms with E-state index in [1.165, 1.54) is 27.4 Å². The molecule has 0 aliphatic heterocycles. The van der Waals surface area contributed by atoms with Crippen molar-refractivity contribution in [2.45, 2.75) is 0 Å². The molecule has 0 saturated carbocycles. The topological polar surface area (TPSA) is 36.9 Å².